The summed E-state index contributed by atoms with van der Waals surface area (Å²) >= 11 is 1.74. The van der Waals surface area contributed by atoms with Crippen molar-refractivity contribution < 1.29 is 4.79 Å². The maximum Gasteiger partial charge on any atom is 0.175 e. The van der Waals surface area contributed by atoms with Crippen LogP contribution in [0.15, 0.2) is 42.9 Å². The van der Waals surface area contributed by atoms with Crippen molar-refractivity contribution in [2.24, 2.45) is 0 Å². The summed E-state index contributed by atoms with van der Waals surface area (Å²) in [5.74, 6) is 1.65. The molecule has 0 amide bonds. The van der Waals surface area contributed by atoms with E-state index in [0.29, 0.717) is 6.04 Å². The Morgan fingerprint density at radius 1 is 1.23 bits per heavy atom. The zero-order valence-corrected chi connectivity index (χ0v) is 22.1. The molecule has 8 nitrogen and oxygen atoms in total. The SMILES string of the molecule is CSCc1cn(N(C)C)c(/C(=C\C=O)N2CCN(C(C)Cc3ccc4nccnc4c3)CC2C)n1. The van der Waals surface area contributed by atoms with Gasteiger partial charge in [-0.1, -0.05) is 6.07 Å². The van der Waals surface area contributed by atoms with Crippen LogP contribution in [0.25, 0.3) is 16.7 Å². The van der Waals surface area contributed by atoms with Gasteiger partial charge in [0.05, 0.1) is 28.6 Å². The van der Waals surface area contributed by atoms with E-state index in [1.54, 1.807) is 30.2 Å². The molecular weight excluding hydrogens is 458 g/mol. The van der Waals surface area contributed by atoms with E-state index in [1.165, 1.54) is 5.56 Å². The number of aldehydes is 1. The van der Waals surface area contributed by atoms with Gasteiger partial charge in [0.25, 0.3) is 0 Å². The number of carbonyl (C=O) groups excluding carboxylic acids is 1. The molecule has 0 aliphatic carbocycles. The summed E-state index contributed by atoms with van der Waals surface area (Å²) in [5.41, 5.74) is 5.04. The Morgan fingerprint density at radius 2 is 2.00 bits per heavy atom. The highest BCUT2D eigenvalue weighted by Crippen LogP contribution is 2.26. The summed E-state index contributed by atoms with van der Waals surface area (Å²) in [7, 11) is 3.99. The van der Waals surface area contributed by atoms with Crippen molar-refractivity contribution in [3.8, 4) is 0 Å². The van der Waals surface area contributed by atoms with E-state index in [2.05, 4.69) is 64.3 Å². The Hall–Kier alpha value is -2.91. The molecule has 35 heavy (non-hydrogen) atoms. The second kappa shape index (κ2) is 11.2. The second-order valence-corrected chi connectivity index (χ2v) is 10.2. The monoisotopic (exact) mass is 493 g/mol. The van der Waals surface area contributed by atoms with Gasteiger partial charge in [-0.3, -0.25) is 19.7 Å². The zero-order valence-electron chi connectivity index (χ0n) is 21.3. The molecule has 3 heterocycles. The number of hydrogen-bond donors (Lipinski definition) is 0. The predicted octanol–water partition coefficient (Wildman–Crippen LogP) is 3.06. The van der Waals surface area contributed by atoms with Gasteiger partial charge in [-0.2, -0.15) is 11.8 Å². The van der Waals surface area contributed by atoms with Crippen molar-refractivity contribution in [2.75, 3.05) is 45.0 Å². The highest BCUT2D eigenvalue weighted by Gasteiger charge is 2.30. The van der Waals surface area contributed by atoms with Gasteiger partial charge < -0.3 is 9.91 Å². The molecule has 4 rings (SSSR count). The molecule has 2 aromatic heterocycles. The Labute approximate surface area is 212 Å². The fourth-order valence-corrected chi connectivity index (χ4v) is 5.26. The molecule has 2 unspecified atom stereocenters. The van der Waals surface area contributed by atoms with E-state index >= 15 is 0 Å². The van der Waals surface area contributed by atoms with Gasteiger partial charge in [-0.05, 0) is 44.2 Å². The molecule has 0 saturated carbocycles. The first-order valence-electron chi connectivity index (χ1n) is 12.0. The van der Waals surface area contributed by atoms with Crippen LogP contribution >= 0.6 is 11.8 Å². The molecule has 9 heteroatoms. The van der Waals surface area contributed by atoms with Crippen molar-refractivity contribution in [3.63, 3.8) is 0 Å². The van der Waals surface area contributed by atoms with Crippen molar-refractivity contribution in [1.82, 2.24) is 29.4 Å². The van der Waals surface area contributed by atoms with Crippen LogP contribution in [0.1, 0.15) is 30.9 Å². The standard InChI is InChI=1S/C26H35N7OS/c1-19(14-21-6-7-23-24(15-21)28-10-9-27-23)31-11-12-32(20(2)16-31)25(8-13-34)26-29-22(18-35-5)17-33(26)30(3)4/h6-10,13,15,17,19-20H,11-12,14,16,18H2,1-5H3/b25-8+. The highest BCUT2D eigenvalue weighted by molar-refractivity contribution is 7.97. The van der Waals surface area contributed by atoms with Crippen molar-refractivity contribution in [3.05, 3.63) is 59.9 Å². The van der Waals surface area contributed by atoms with Crippen molar-refractivity contribution in [2.45, 2.75) is 38.1 Å². The fourth-order valence-electron chi connectivity index (χ4n) is 4.83. The van der Waals surface area contributed by atoms with E-state index in [4.69, 9.17) is 4.98 Å². The number of carbonyl (C=O) groups is 1. The van der Waals surface area contributed by atoms with Gasteiger partial charge in [0.2, 0.25) is 0 Å². The average molecular weight is 494 g/mol. The lowest BCUT2D eigenvalue weighted by Gasteiger charge is -2.44. The molecule has 1 fully saturated rings. The number of nitrogens with zero attached hydrogens (tertiary/aromatic N) is 7. The zero-order chi connectivity index (χ0) is 24.9. The quantitative estimate of drug-likeness (QED) is 0.333. The second-order valence-electron chi connectivity index (χ2n) is 9.34. The molecule has 1 aliphatic rings. The lowest BCUT2D eigenvalue weighted by atomic mass is 10.0. The molecule has 0 radical (unpaired) electrons. The first-order valence-corrected chi connectivity index (χ1v) is 13.4. The lowest BCUT2D eigenvalue weighted by molar-refractivity contribution is -0.104. The maximum atomic E-state index is 11.6. The summed E-state index contributed by atoms with van der Waals surface area (Å²) in [4.78, 5) is 30.2. The van der Waals surface area contributed by atoms with Crippen molar-refractivity contribution in [1.29, 1.82) is 0 Å². The van der Waals surface area contributed by atoms with Gasteiger partial charge in [0.15, 0.2) is 5.82 Å². The molecule has 186 valence electrons. The molecule has 0 spiro atoms. The molecule has 1 aliphatic heterocycles. The maximum absolute atomic E-state index is 11.6. The minimum atomic E-state index is 0.246. The van der Waals surface area contributed by atoms with Crippen LogP contribution in [0.4, 0.5) is 0 Å². The largest absolute Gasteiger partial charge is 0.363 e. The summed E-state index contributed by atoms with van der Waals surface area (Å²) in [6, 6.07) is 7.00. The Balaban J connectivity index is 1.48. The normalized spacial score (nSPS) is 18.1. The number of thioether (sulfide) groups is 1. The fraction of sp³-hybridized carbons (Fsp3) is 0.462. The molecular formula is C26H35N7OS. The number of allylic oxidation sites excluding steroid dienone is 1. The topological polar surface area (TPSA) is 70.4 Å². The van der Waals surface area contributed by atoms with Gasteiger partial charge in [-0.15, -0.1) is 0 Å². The highest BCUT2D eigenvalue weighted by atomic mass is 32.2. The lowest BCUT2D eigenvalue weighted by Crippen LogP contribution is -2.54. The minimum Gasteiger partial charge on any atom is -0.363 e. The van der Waals surface area contributed by atoms with Gasteiger partial charge in [0.1, 0.15) is 6.29 Å². The molecule has 1 aromatic carbocycles. The smallest absolute Gasteiger partial charge is 0.175 e. The number of piperazine rings is 1. The number of aromatic nitrogens is 4. The van der Waals surface area contributed by atoms with Crippen LogP contribution in [0.2, 0.25) is 0 Å². The van der Waals surface area contributed by atoms with Crippen LogP contribution in [-0.4, -0.2) is 87.8 Å². The third-order valence-corrected chi connectivity index (χ3v) is 7.16. The number of hydrogen-bond acceptors (Lipinski definition) is 8. The van der Waals surface area contributed by atoms with Gasteiger partial charge >= 0.3 is 0 Å². The molecule has 1 saturated heterocycles. The summed E-state index contributed by atoms with van der Waals surface area (Å²) in [6.07, 6.45) is 11.1. The van der Waals surface area contributed by atoms with E-state index in [0.717, 1.165) is 66.3 Å². The van der Waals surface area contributed by atoms with Crippen molar-refractivity contribution >= 4 is 34.8 Å². The first-order chi connectivity index (χ1) is 16.9. The number of fused-ring (bicyclic) bond motifs is 1. The summed E-state index contributed by atoms with van der Waals surface area (Å²) in [5, 5.41) is 2.00. The minimum absolute atomic E-state index is 0.246. The van der Waals surface area contributed by atoms with Gasteiger partial charge in [0, 0.05) is 70.0 Å². The van der Waals surface area contributed by atoms with E-state index in [-0.39, 0.29) is 6.04 Å². The third-order valence-electron chi connectivity index (χ3n) is 6.57. The van der Waals surface area contributed by atoms with E-state index < -0.39 is 0 Å². The predicted molar refractivity (Wildman–Crippen MR) is 144 cm³/mol. The number of benzene rings is 1. The molecule has 0 bridgehead atoms. The third kappa shape index (κ3) is 5.67. The van der Waals surface area contributed by atoms with E-state index in [1.807, 2.05) is 23.8 Å². The van der Waals surface area contributed by atoms with Crippen LogP contribution in [-0.2, 0) is 17.0 Å². The Bertz CT molecular complexity index is 1190. The van der Waals surface area contributed by atoms with Gasteiger partial charge in [-0.25, -0.2) is 9.66 Å². The summed E-state index contributed by atoms with van der Waals surface area (Å²) in [6.45, 7) is 7.21. The Kier molecular flexibility index (Phi) is 8.07. The van der Waals surface area contributed by atoms with Crippen LogP contribution in [0.3, 0.4) is 0 Å². The van der Waals surface area contributed by atoms with Crippen LogP contribution < -0.4 is 5.01 Å². The van der Waals surface area contributed by atoms with Crippen LogP contribution in [0, 0.1) is 0 Å². The molecule has 0 N–H and O–H groups in total. The Morgan fingerprint density at radius 3 is 2.69 bits per heavy atom. The number of rotatable bonds is 9. The summed E-state index contributed by atoms with van der Waals surface area (Å²) < 4.78 is 2.03. The van der Waals surface area contributed by atoms with Crippen LogP contribution in [0.5, 0.6) is 0 Å². The average Bonchev–Trinajstić information content (AvgIpc) is 3.27. The molecule has 3 aromatic rings. The van der Waals surface area contributed by atoms with E-state index in [9.17, 15) is 4.79 Å². The molecule has 2 atom stereocenters. The number of imidazole rings is 1. The first kappa shape index (κ1) is 25.2.